The molecule has 11 nitrogen and oxygen atoms in total. The minimum Gasteiger partial charge on any atom is -0.453 e. The minimum absolute atomic E-state index is 0.0431. The van der Waals surface area contributed by atoms with Gasteiger partial charge < -0.3 is 29.8 Å². The molecule has 48 heavy (non-hydrogen) atoms. The Balaban J connectivity index is 0.946. The second-order valence-electron chi connectivity index (χ2n) is 14.2. The molecule has 2 aromatic carbocycles. The summed E-state index contributed by atoms with van der Waals surface area (Å²) in [7, 11) is 1.31. The van der Waals surface area contributed by atoms with Crippen molar-refractivity contribution >= 4 is 17.9 Å². The predicted octanol–water partition coefficient (Wildman–Crippen LogP) is 5.86. The maximum Gasteiger partial charge on any atom is 0.407 e. The lowest BCUT2D eigenvalue weighted by atomic mass is 10.0. The first kappa shape index (κ1) is 30.4. The number of alkyl carbamates (subject to hydrolysis) is 1. The van der Waals surface area contributed by atoms with Crippen molar-refractivity contribution in [2.24, 2.45) is 17.8 Å². The molecular formula is C37H41N7O4. The summed E-state index contributed by atoms with van der Waals surface area (Å²) < 4.78 is 4.78. The molecule has 0 radical (unpaired) electrons. The summed E-state index contributed by atoms with van der Waals surface area (Å²) in [6.45, 7) is 5.51. The van der Waals surface area contributed by atoms with E-state index in [4.69, 9.17) is 9.72 Å². The van der Waals surface area contributed by atoms with E-state index in [1.54, 1.807) is 6.92 Å². The molecule has 2 aliphatic heterocycles. The summed E-state index contributed by atoms with van der Waals surface area (Å²) >= 11 is 0. The number of nitrogens with zero attached hydrogens (tertiary/aromatic N) is 4. The number of hydrogen-bond acceptors (Lipinski definition) is 6. The molecule has 1 unspecified atom stereocenters. The maximum absolute atomic E-state index is 13.7. The number of H-pyrrole nitrogens is 2. The van der Waals surface area contributed by atoms with Crippen molar-refractivity contribution in [3.8, 4) is 33.6 Å². The van der Waals surface area contributed by atoms with Crippen molar-refractivity contribution < 1.29 is 19.1 Å². The molecule has 4 aromatic rings. The smallest absolute Gasteiger partial charge is 0.407 e. The Labute approximate surface area is 279 Å². The maximum atomic E-state index is 13.7. The van der Waals surface area contributed by atoms with Crippen LogP contribution in [0.5, 0.6) is 0 Å². The van der Waals surface area contributed by atoms with Gasteiger partial charge in [0.1, 0.15) is 17.7 Å². The van der Waals surface area contributed by atoms with Crippen LogP contribution in [0.15, 0.2) is 60.9 Å². The Bertz CT molecular complexity index is 1860. The zero-order valence-electron chi connectivity index (χ0n) is 27.6. The van der Waals surface area contributed by atoms with Gasteiger partial charge in [-0.3, -0.25) is 9.59 Å². The van der Waals surface area contributed by atoms with E-state index in [-0.39, 0.29) is 35.9 Å². The summed E-state index contributed by atoms with van der Waals surface area (Å²) in [6.07, 6.45) is 7.06. The fourth-order valence-corrected chi connectivity index (χ4v) is 8.02. The first-order valence-electron chi connectivity index (χ1n) is 17.0. The Morgan fingerprint density at radius 2 is 1.21 bits per heavy atom. The van der Waals surface area contributed by atoms with Crippen molar-refractivity contribution in [2.75, 3.05) is 7.11 Å². The summed E-state index contributed by atoms with van der Waals surface area (Å²) in [5.41, 5.74) is 6.11. The lowest BCUT2D eigenvalue weighted by Crippen LogP contribution is -2.52. The van der Waals surface area contributed by atoms with Crippen LogP contribution in [0.4, 0.5) is 4.79 Å². The molecule has 2 aromatic heterocycles. The van der Waals surface area contributed by atoms with E-state index < -0.39 is 12.1 Å². The monoisotopic (exact) mass is 647 g/mol. The molecular weight excluding hydrogens is 606 g/mol. The van der Waals surface area contributed by atoms with Crippen LogP contribution >= 0.6 is 0 Å². The highest BCUT2D eigenvalue weighted by atomic mass is 16.5. The van der Waals surface area contributed by atoms with Gasteiger partial charge >= 0.3 is 6.09 Å². The number of rotatable bonds is 8. The van der Waals surface area contributed by atoms with Crippen LogP contribution in [0.1, 0.15) is 70.2 Å². The molecule has 3 N–H and O–H groups in total. The normalized spacial score (nSPS) is 25.9. The third-order valence-electron chi connectivity index (χ3n) is 10.8. The number of methoxy groups -OCH3 is 1. The minimum atomic E-state index is -0.659. The van der Waals surface area contributed by atoms with E-state index in [1.807, 2.05) is 36.0 Å². The number of carbonyl (C=O) groups excluding carboxylic acids is 3. The Morgan fingerprint density at radius 1 is 0.750 bits per heavy atom. The third-order valence-corrected chi connectivity index (χ3v) is 10.8. The Hall–Kier alpha value is -4.93. The topological polar surface area (TPSA) is 136 Å². The number of aromatic amines is 2. The molecule has 4 heterocycles. The molecule has 4 aliphatic rings. The van der Waals surface area contributed by atoms with E-state index in [9.17, 15) is 14.4 Å². The van der Waals surface area contributed by atoms with Crippen LogP contribution in [0.2, 0.25) is 0 Å². The fourth-order valence-electron chi connectivity index (χ4n) is 8.02. The number of aromatic nitrogens is 4. The van der Waals surface area contributed by atoms with E-state index in [1.165, 1.54) is 7.11 Å². The van der Waals surface area contributed by atoms with Gasteiger partial charge in [-0.2, -0.15) is 0 Å². The van der Waals surface area contributed by atoms with Gasteiger partial charge in [-0.25, -0.2) is 14.8 Å². The lowest BCUT2D eigenvalue weighted by molar-refractivity contribution is -0.136. The van der Waals surface area contributed by atoms with Crippen LogP contribution in [-0.2, 0) is 14.3 Å². The number of piperidine rings is 2. The van der Waals surface area contributed by atoms with Crippen LogP contribution in [-0.4, -0.2) is 72.9 Å². The van der Waals surface area contributed by atoms with Gasteiger partial charge in [0.25, 0.3) is 0 Å². The summed E-state index contributed by atoms with van der Waals surface area (Å²) in [5.74, 6) is 2.68. The average Bonchev–Trinajstić information content (AvgIpc) is 3.68. The molecule has 0 bridgehead atoms. The van der Waals surface area contributed by atoms with E-state index in [0.29, 0.717) is 17.9 Å². The largest absolute Gasteiger partial charge is 0.453 e. The molecule has 2 saturated carbocycles. The molecule has 8 rings (SSSR count). The number of amides is 3. The number of imidazole rings is 2. The lowest BCUT2D eigenvalue weighted by Gasteiger charge is -2.31. The molecule has 4 fully saturated rings. The van der Waals surface area contributed by atoms with Crippen molar-refractivity contribution in [3.63, 3.8) is 0 Å². The van der Waals surface area contributed by atoms with Gasteiger partial charge in [0, 0.05) is 19.0 Å². The number of ether oxygens (including phenoxy) is 1. The molecule has 2 saturated heterocycles. The van der Waals surface area contributed by atoms with Gasteiger partial charge in [0.15, 0.2) is 0 Å². The van der Waals surface area contributed by atoms with Crippen LogP contribution in [0.25, 0.3) is 33.6 Å². The highest BCUT2D eigenvalue weighted by molar-refractivity contribution is 5.87. The number of benzene rings is 2. The summed E-state index contributed by atoms with van der Waals surface area (Å²) in [6, 6.07) is 16.6. The predicted molar refractivity (Wildman–Crippen MR) is 179 cm³/mol. The van der Waals surface area contributed by atoms with Crippen molar-refractivity contribution in [3.05, 3.63) is 72.6 Å². The van der Waals surface area contributed by atoms with Gasteiger partial charge in [0.05, 0.1) is 43.0 Å². The second kappa shape index (κ2) is 11.6. The van der Waals surface area contributed by atoms with Crippen molar-refractivity contribution in [1.82, 2.24) is 35.1 Å². The van der Waals surface area contributed by atoms with Crippen LogP contribution in [0.3, 0.4) is 0 Å². The molecule has 248 valence electrons. The first-order chi connectivity index (χ1) is 23.2. The van der Waals surface area contributed by atoms with Gasteiger partial charge in [-0.1, -0.05) is 62.4 Å². The standard InChI is InChI=1S/C37H41N7O4/c1-19(2)33(42-37(47)48-4)36(46)44-30-14-26(30)16-32(44)35-39-18-28(41-35)24-11-7-22(8-12-24)21-5-9-23(10-6-21)27-17-38-34(40-27)31-15-25-13-29(25)43(31)20(3)45/h5-12,17-19,25-26,29-33H,13-16H2,1-4H3,(H,38,40)(H,39,41)(H,42,47)/t25-,26-,29-,30-,31?,32+,33+/m1/s1. The SMILES string of the molecule is COC(=O)N[C@H](C(=O)N1[C@@H]2C[C@@H]2C[C@H]1c1ncc(-c2ccc(-c3ccc(-c4cnc(C5C[C@H]6C[C@H]6N5C(C)=O)[nH]4)cc3)cc2)[nH]1)C(C)C. The molecule has 7 atom stereocenters. The zero-order valence-corrected chi connectivity index (χ0v) is 27.6. The number of nitrogens with one attached hydrogen (secondary N) is 3. The quantitative estimate of drug-likeness (QED) is 0.219. The van der Waals surface area contributed by atoms with Crippen molar-refractivity contribution in [2.45, 2.75) is 76.7 Å². The number of likely N-dealkylation sites (tertiary alicyclic amines) is 2. The van der Waals surface area contributed by atoms with Gasteiger partial charge in [-0.05, 0) is 65.7 Å². The van der Waals surface area contributed by atoms with Crippen molar-refractivity contribution in [1.29, 1.82) is 0 Å². The van der Waals surface area contributed by atoms with E-state index >= 15 is 0 Å². The number of hydrogen-bond donors (Lipinski definition) is 3. The fraction of sp³-hybridized carbons (Fsp3) is 0.432. The third kappa shape index (κ3) is 5.35. The van der Waals surface area contributed by atoms with E-state index in [0.717, 1.165) is 71.0 Å². The second-order valence-corrected chi connectivity index (χ2v) is 14.2. The summed E-state index contributed by atoms with van der Waals surface area (Å²) in [5, 5.41) is 2.73. The Morgan fingerprint density at radius 3 is 1.67 bits per heavy atom. The van der Waals surface area contributed by atoms with Crippen LogP contribution < -0.4 is 5.32 Å². The highest BCUT2D eigenvalue weighted by Crippen LogP contribution is 2.54. The van der Waals surface area contributed by atoms with Gasteiger partial charge in [-0.15, -0.1) is 0 Å². The molecule has 11 heteroatoms. The number of carbonyl (C=O) groups is 3. The van der Waals surface area contributed by atoms with Gasteiger partial charge in [0.2, 0.25) is 11.8 Å². The molecule has 0 spiro atoms. The van der Waals surface area contributed by atoms with E-state index in [2.05, 4.69) is 68.8 Å². The molecule has 2 aliphatic carbocycles. The highest BCUT2D eigenvalue weighted by Gasteiger charge is 2.56. The van der Waals surface area contributed by atoms with Crippen LogP contribution in [0, 0.1) is 17.8 Å². The molecule has 3 amide bonds. The number of fused-ring (bicyclic) bond motifs is 2. The Kier molecular flexibility index (Phi) is 7.38. The first-order valence-corrected chi connectivity index (χ1v) is 17.0. The summed E-state index contributed by atoms with van der Waals surface area (Å²) in [4.78, 5) is 58.2. The average molecular weight is 648 g/mol. The zero-order chi connectivity index (χ0) is 33.3.